The van der Waals surface area contributed by atoms with Gasteiger partial charge in [0.1, 0.15) is 0 Å². The summed E-state index contributed by atoms with van der Waals surface area (Å²) in [5.74, 6) is 0. The molecule has 0 N–H and O–H groups in total. The summed E-state index contributed by atoms with van der Waals surface area (Å²) < 4.78 is 21.7. The molecule has 0 saturated carbocycles. The van der Waals surface area contributed by atoms with Crippen molar-refractivity contribution in [3.63, 3.8) is 0 Å². The third-order valence-electron chi connectivity index (χ3n) is 29.5. The van der Waals surface area contributed by atoms with Gasteiger partial charge >= 0.3 is 0 Å². The zero-order valence-electron chi connectivity index (χ0n) is 76.6. The Labute approximate surface area is 809 Å². The number of fused-ring (bicyclic) bond motifs is 27. The molecule has 0 radical (unpaired) electrons. The maximum absolute atomic E-state index is 2.44. The first kappa shape index (κ1) is 79.4. The quantitative estimate of drug-likeness (QED) is 0.131. The molecule has 0 aliphatic rings. The molecule has 0 aliphatic heterocycles. The van der Waals surface area contributed by atoms with E-state index in [0.717, 1.165) is 39.8 Å². The number of para-hydroxylation sites is 14. The van der Waals surface area contributed by atoms with Crippen molar-refractivity contribution in [3.8, 4) is 62.3 Å². The van der Waals surface area contributed by atoms with Crippen molar-refractivity contribution >= 4 is 196 Å². The second-order valence-corrected chi connectivity index (χ2v) is 37.0. The lowest BCUT2D eigenvalue weighted by molar-refractivity contribution is 1.13. The zero-order valence-corrected chi connectivity index (χ0v) is 76.6. The van der Waals surface area contributed by atoms with Crippen LogP contribution >= 0.6 is 0 Å². The summed E-state index contributed by atoms with van der Waals surface area (Å²) in [5, 5.41) is 22.7. The Morgan fingerprint density at radius 3 is 0.426 bits per heavy atom. The van der Waals surface area contributed by atoms with Gasteiger partial charge in [-0.05, 0) is 223 Å². The second kappa shape index (κ2) is 31.8. The van der Waals surface area contributed by atoms with E-state index >= 15 is 0 Å². The SMILES string of the molecule is c1ccc(-c2ccc(-n3c4ccccc4c4cc5c(cc43)c3ccccc3n5-c3ccc(-n4c5ccccc5c5ccccc54)cc3)cc2)cc1.c1ccc(-n2c3ccccc3c3cc4c(cc32)c2ccccc2n4-c2ccc(-n3c4ccccc4c4ccccc43)cc2)cc1.c1ccc(-n2c3ccccc3c3cc4c(cc32)c2ccccc2n4-c2cccc(-n3c4ccccc4c4ccccc43)c2)cc1. The summed E-state index contributed by atoms with van der Waals surface area (Å²) >= 11 is 0. The first-order valence-electron chi connectivity index (χ1n) is 48.4. The number of aromatic nitrogens is 9. The van der Waals surface area contributed by atoms with Crippen molar-refractivity contribution in [1.29, 1.82) is 0 Å². The maximum Gasteiger partial charge on any atom is 0.0548 e. The molecule has 31 rings (SSSR count). The molecule has 22 aromatic carbocycles. The van der Waals surface area contributed by atoms with Crippen LogP contribution in [0.1, 0.15) is 0 Å². The van der Waals surface area contributed by atoms with Crippen molar-refractivity contribution in [1.82, 2.24) is 41.1 Å². The van der Waals surface area contributed by atoms with E-state index in [2.05, 4.69) is 557 Å². The monoisotopic (exact) mass is 1800 g/mol. The molecule has 0 aliphatic carbocycles. The highest BCUT2D eigenvalue weighted by molar-refractivity contribution is 6.23. The number of benzene rings is 22. The predicted octanol–water partition coefficient (Wildman–Crippen LogP) is 34.6. The van der Waals surface area contributed by atoms with Crippen LogP contribution in [0.25, 0.3) is 259 Å². The third kappa shape index (κ3) is 12.3. The Morgan fingerprint density at radius 1 is 0.0780 bits per heavy atom. The van der Waals surface area contributed by atoms with Crippen LogP contribution < -0.4 is 0 Å². The molecule has 0 saturated heterocycles. The highest BCUT2D eigenvalue weighted by atomic mass is 15.1. The van der Waals surface area contributed by atoms with Crippen molar-refractivity contribution in [2.45, 2.75) is 0 Å². The Bertz CT molecular complexity index is 10300. The highest BCUT2D eigenvalue weighted by Gasteiger charge is 2.26. The minimum atomic E-state index is 1.14. The van der Waals surface area contributed by atoms with Gasteiger partial charge in [0, 0.05) is 148 Å². The smallest absolute Gasteiger partial charge is 0.0548 e. The largest absolute Gasteiger partial charge is 0.309 e. The summed E-state index contributed by atoms with van der Waals surface area (Å²) in [5.41, 5.74) is 34.7. The number of hydrogen-bond donors (Lipinski definition) is 0. The van der Waals surface area contributed by atoms with E-state index in [0.29, 0.717) is 0 Å². The van der Waals surface area contributed by atoms with Gasteiger partial charge in [-0.1, -0.05) is 303 Å². The van der Waals surface area contributed by atoms with Gasteiger partial charge in [0.25, 0.3) is 0 Å². The fraction of sp³-hybridized carbons (Fsp3) is 0. The van der Waals surface area contributed by atoms with E-state index in [1.807, 2.05) is 0 Å². The topological polar surface area (TPSA) is 44.4 Å². The molecule has 9 aromatic heterocycles. The lowest BCUT2D eigenvalue weighted by Crippen LogP contribution is -1.98. The van der Waals surface area contributed by atoms with Gasteiger partial charge in [-0.3, -0.25) is 0 Å². The van der Waals surface area contributed by atoms with Crippen LogP contribution in [-0.4, -0.2) is 41.1 Å². The first-order chi connectivity index (χ1) is 70.0. The lowest BCUT2D eigenvalue weighted by atomic mass is 10.1. The summed E-state index contributed by atoms with van der Waals surface area (Å²) in [4.78, 5) is 0. The molecule has 0 unspecified atom stereocenters. The summed E-state index contributed by atoms with van der Waals surface area (Å²) in [6, 6.07) is 187. The highest BCUT2D eigenvalue weighted by Crippen LogP contribution is 2.47. The van der Waals surface area contributed by atoms with E-state index in [9.17, 15) is 0 Å². The summed E-state index contributed by atoms with van der Waals surface area (Å²) in [6.45, 7) is 0. The molecular formula is C132H85N9. The fourth-order valence-electron chi connectivity index (χ4n) is 23.4. The Kier molecular flexibility index (Phi) is 17.9. The minimum absolute atomic E-state index is 1.14. The van der Waals surface area contributed by atoms with Crippen molar-refractivity contribution in [2.75, 3.05) is 0 Å². The number of hydrogen-bond acceptors (Lipinski definition) is 0. The maximum atomic E-state index is 2.44. The van der Waals surface area contributed by atoms with Crippen LogP contribution in [0.5, 0.6) is 0 Å². The molecule has 9 heterocycles. The lowest BCUT2D eigenvalue weighted by Gasteiger charge is -2.13. The number of nitrogens with zero attached hydrogens (tertiary/aromatic N) is 9. The molecule has 31 aromatic rings. The Hall–Kier alpha value is -19.0. The predicted molar refractivity (Wildman–Crippen MR) is 594 cm³/mol. The van der Waals surface area contributed by atoms with Crippen molar-refractivity contribution in [3.05, 3.63) is 516 Å². The molecule has 9 heteroatoms. The molecule has 0 amide bonds. The molecular weight excluding hydrogens is 1710 g/mol. The van der Waals surface area contributed by atoms with Crippen LogP contribution in [-0.2, 0) is 0 Å². The van der Waals surface area contributed by atoms with Crippen LogP contribution in [0.15, 0.2) is 516 Å². The standard InChI is InChI=1S/C48H31N3.2C42H27N3/c1-2-12-32(13-3-1)33-22-24-34(25-23-33)50-45-20-10-6-16-39(45)41-31-48-42(30-47(41)50)40-17-7-11-21-46(40)51(48)36-28-26-35(27-29-36)49-43-18-8-4-14-37(43)38-15-5-9-19-44(38)49;1-2-13-28(14-3-1)43-39-23-10-6-19-33(39)35-27-42-36(26-41(35)43)34-20-7-11-24-40(34)45(42)30-16-12-15-29(25-30)44-37-21-8-4-17-31(37)32-18-5-9-22-38(32)44;1-2-12-28(13-3-1)44-39-20-10-6-16-33(39)35-27-42-36(26-41(35)44)34-17-7-11-21-40(34)45(42)30-24-22-29(23-25-30)43-37-18-8-4-14-31(37)32-15-5-9-19-38(32)43/h1-31H;2*1-27H. The molecule has 0 spiro atoms. The summed E-state index contributed by atoms with van der Waals surface area (Å²) in [6.07, 6.45) is 0. The van der Waals surface area contributed by atoms with Crippen LogP contribution in [0, 0.1) is 0 Å². The van der Waals surface area contributed by atoms with Gasteiger partial charge < -0.3 is 41.1 Å². The first-order valence-corrected chi connectivity index (χ1v) is 48.4. The minimum Gasteiger partial charge on any atom is -0.309 e. The fourth-order valence-corrected chi connectivity index (χ4v) is 23.4. The van der Waals surface area contributed by atoms with Crippen LogP contribution in [0.4, 0.5) is 0 Å². The Balaban J connectivity index is 0.000000102. The normalized spacial score (nSPS) is 12.0. The second-order valence-electron chi connectivity index (χ2n) is 37.0. The van der Waals surface area contributed by atoms with Crippen LogP contribution in [0.3, 0.4) is 0 Å². The van der Waals surface area contributed by atoms with Gasteiger partial charge in [-0.2, -0.15) is 0 Å². The van der Waals surface area contributed by atoms with Gasteiger partial charge in [0.05, 0.1) is 99.3 Å². The van der Waals surface area contributed by atoms with E-state index in [1.165, 1.54) is 219 Å². The van der Waals surface area contributed by atoms with Crippen LogP contribution in [0.2, 0.25) is 0 Å². The third-order valence-corrected chi connectivity index (χ3v) is 29.5. The molecule has 0 bridgehead atoms. The molecule has 658 valence electrons. The van der Waals surface area contributed by atoms with Crippen molar-refractivity contribution < 1.29 is 0 Å². The van der Waals surface area contributed by atoms with Gasteiger partial charge in [0.15, 0.2) is 0 Å². The molecule has 9 nitrogen and oxygen atoms in total. The van der Waals surface area contributed by atoms with E-state index in [4.69, 9.17) is 0 Å². The Morgan fingerprint density at radius 2 is 0.213 bits per heavy atom. The molecule has 0 fully saturated rings. The van der Waals surface area contributed by atoms with Gasteiger partial charge in [0.2, 0.25) is 0 Å². The zero-order chi connectivity index (χ0) is 92.4. The molecule has 0 atom stereocenters. The van der Waals surface area contributed by atoms with Crippen molar-refractivity contribution in [2.24, 2.45) is 0 Å². The average molecular weight is 1800 g/mol. The number of rotatable bonds is 10. The molecule has 141 heavy (non-hydrogen) atoms. The van der Waals surface area contributed by atoms with E-state index in [-0.39, 0.29) is 0 Å². The average Bonchev–Trinajstić information content (AvgIpc) is 1.56. The summed E-state index contributed by atoms with van der Waals surface area (Å²) in [7, 11) is 0. The van der Waals surface area contributed by atoms with E-state index < -0.39 is 0 Å². The van der Waals surface area contributed by atoms with Gasteiger partial charge in [-0.15, -0.1) is 0 Å². The van der Waals surface area contributed by atoms with Gasteiger partial charge in [-0.25, -0.2) is 0 Å². The van der Waals surface area contributed by atoms with E-state index in [1.54, 1.807) is 0 Å².